The third-order valence-corrected chi connectivity index (χ3v) is 1.92. The van der Waals surface area contributed by atoms with E-state index in [1.165, 1.54) is 6.33 Å². The van der Waals surface area contributed by atoms with E-state index in [-0.39, 0.29) is 11.6 Å². The summed E-state index contributed by atoms with van der Waals surface area (Å²) in [6, 6.07) is 0. The highest BCUT2D eigenvalue weighted by atomic mass is 79.9. The molecule has 1 N–H and O–H groups in total. The maximum Gasteiger partial charge on any atom is 0.186 e. The molecule has 3 nitrogen and oxygen atoms in total. The molecule has 76 valence electrons. The Kier molecular flexibility index (Phi) is 4.00. The number of aryl methyl sites for hydroxylation is 1. The van der Waals surface area contributed by atoms with Gasteiger partial charge in [-0.15, -0.1) is 0 Å². The highest BCUT2D eigenvalue weighted by molar-refractivity contribution is 9.11. The second-order valence-corrected chi connectivity index (χ2v) is 3.83. The molecule has 0 bridgehead atoms. The third-order valence-electron chi connectivity index (χ3n) is 1.64. The summed E-state index contributed by atoms with van der Waals surface area (Å²) in [7, 11) is 0. The zero-order valence-electron chi connectivity index (χ0n) is 7.85. The fourth-order valence-electron chi connectivity index (χ4n) is 0.956. The van der Waals surface area contributed by atoms with Gasteiger partial charge >= 0.3 is 0 Å². The van der Waals surface area contributed by atoms with E-state index in [4.69, 9.17) is 0 Å². The second kappa shape index (κ2) is 5.05. The molecule has 5 heteroatoms. The lowest BCUT2D eigenvalue weighted by molar-refractivity contribution is 0.597. The zero-order valence-corrected chi connectivity index (χ0v) is 9.44. The molecule has 1 aromatic heterocycles. The molecule has 0 aromatic carbocycles. The van der Waals surface area contributed by atoms with Crippen molar-refractivity contribution in [3.63, 3.8) is 0 Å². The van der Waals surface area contributed by atoms with Gasteiger partial charge in [-0.05, 0) is 6.42 Å². The van der Waals surface area contributed by atoms with Gasteiger partial charge in [0.25, 0.3) is 0 Å². The van der Waals surface area contributed by atoms with Crippen LogP contribution in [0.5, 0.6) is 0 Å². The number of anilines is 1. The quantitative estimate of drug-likeness (QED) is 0.903. The predicted molar refractivity (Wildman–Crippen MR) is 57.9 cm³/mol. The van der Waals surface area contributed by atoms with E-state index in [0.717, 1.165) is 4.48 Å². The summed E-state index contributed by atoms with van der Waals surface area (Å²) in [4.78, 5) is 7.62. The molecule has 0 radical (unpaired) electrons. The molecule has 1 aromatic rings. The van der Waals surface area contributed by atoms with E-state index in [2.05, 4.69) is 37.8 Å². The van der Waals surface area contributed by atoms with Crippen LogP contribution in [0.1, 0.15) is 12.6 Å². The van der Waals surface area contributed by atoms with E-state index in [0.29, 0.717) is 18.7 Å². The summed E-state index contributed by atoms with van der Waals surface area (Å²) in [6.07, 6.45) is 1.90. The SMILES string of the molecule is C=C(Br)CNc1ncnc(CC)c1F. The second-order valence-electron chi connectivity index (χ2n) is 2.71. The molecular formula is C9H11BrFN3. The number of hydrogen-bond acceptors (Lipinski definition) is 3. The molecular weight excluding hydrogens is 249 g/mol. The summed E-state index contributed by atoms with van der Waals surface area (Å²) < 4.78 is 14.2. The van der Waals surface area contributed by atoms with Gasteiger partial charge < -0.3 is 5.32 Å². The summed E-state index contributed by atoms with van der Waals surface area (Å²) in [6.45, 7) is 5.92. The smallest absolute Gasteiger partial charge is 0.186 e. The Morgan fingerprint density at radius 2 is 2.36 bits per heavy atom. The van der Waals surface area contributed by atoms with Crippen LogP contribution in [0.25, 0.3) is 0 Å². The van der Waals surface area contributed by atoms with Gasteiger partial charge in [-0.3, -0.25) is 0 Å². The number of aromatic nitrogens is 2. The average Bonchev–Trinajstić information content (AvgIpc) is 2.16. The summed E-state index contributed by atoms with van der Waals surface area (Å²) >= 11 is 3.17. The standard InChI is InChI=1S/C9H11BrFN3/c1-3-7-8(11)9(14-5-13-7)12-4-6(2)10/h5H,2-4H2,1H3,(H,12,13,14). The van der Waals surface area contributed by atoms with Crippen LogP contribution in [-0.2, 0) is 6.42 Å². The van der Waals surface area contributed by atoms with Gasteiger partial charge in [0.1, 0.15) is 6.33 Å². The van der Waals surface area contributed by atoms with Crippen molar-refractivity contribution in [2.45, 2.75) is 13.3 Å². The van der Waals surface area contributed by atoms with E-state index < -0.39 is 0 Å². The Balaban J connectivity index is 2.81. The number of halogens is 2. The molecule has 0 saturated heterocycles. The summed E-state index contributed by atoms with van der Waals surface area (Å²) in [5.74, 6) is -0.166. The Morgan fingerprint density at radius 1 is 1.64 bits per heavy atom. The monoisotopic (exact) mass is 259 g/mol. The molecule has 0 spiro atoms. The van der Waals surface area contributed by atoms with Crippen molar-refractivity contribution in [1.29, 1.82) is 0 Å². The van der Waals surface area contributed by atoms with Crippen molar-refractivity contribution < 1.29 is 4.39 Å². The van der Waals surface area contributed by atoms with Crippen LogP contribution in [0.15, 0.2) is 17.4 Å². The Labute approximate surface area is 90.6 Å². The average molecular weight is 260 g/mol. The maximum atomic E-state index is 13.5. The Morgan fingerprint density at radius 3 is 2.93 bits per heavy atom. The van der Waals surface area contributed by atoms with Crippen LogP contribution in [-0.4, -0.2) is 16.5 Å². The van der Waals surface area contributed by atoms with Crippen LogP contribution in [0.4, 0.5) is 10.2 Å². The molecule has 1 rings (SSSR count). The van der Waals surface area contributed by atoms with Gasteiger partial charge in [0.2, 0.25) is 0 Å². The van der Waals surface area contributed by atoms with Crippen molar-refractivity contribution >= 4 is 21.7 Å². The van der Waals surface area contributed by atoms with Crippen molar-refractivity contribution in [2.75, 3.05) is 11.9 Å². The minimum Gasteiger partial charge on any atom is -0.363 e. The predicted octanol–water partition coefficient (Wildman–Crippen LogP) is 2.50. The van der Waals surface area contributed by atoms with Crippen molar-refractivity contribution in [3.8, 4) is 0 Å². The molecule has 0 amide bonds. The fraction of sp³-hybridized carbons (Fsp3) is 0.333. The molecule has 14 heavy (non-hydrogen) atoms. The largest absolute Gasteiger partial charge is 0.363 e. The van der Waals surface area contributed by atoms with Gasteiger partial charge in [-0.2, -0.15) is 0 Å². The molecule has 0 atom stereocenters. The lowest BCUT2D eigenvalue weighted by Gasteiger charge is -2.06. The minimum atomic E-state index is -0.385. The summed E-state index contributed by atoms with van der Waals surface area (Å²) in [5, 5.41) is 2.81. The molecule has 0 fully saturated rings. The van der Waals surface area contributed by atoms with Gasteiger partial charge in [-0.25, -0.2) is 14.4 Å². The van der Waals surface area contributed by atoms with Crippen LogP contribution < -0.4 is 5.32 Å². The zero-order chi connectivity index (χ0) is 10.6. The first-order valence-corrected chi connectivity index (χ1v) is 5.01. The lowest BCUT2D eigenvalue weighted by atomic mass is 10.3. The van der Waals surface area contributed by atoms with Crippen molar-refractivity contribution in [3.05, 3.63) is 28.9 Å². The van der Waals surface area contributed by atoms with E-state index >= 15 is 0 Å². The first-order valence-electron chi connectivity index (χ1n) is 4.21. The van der Waals surface area contributed by atoms with E-state index in [9.17, 15) is 4.39 Å². The molecule has 0 aliphatic carbocycles. The molecule has 0 aliphatic heterocycles. The van der Waals surface area contributed by atoms with Crippen molar-refractivity contribution in [2.24, 2.45) is 0 Å². The van der Waals surface area contributed by atoms with Gasteiger partial charge in [0.15, 0.2) is 11.6 Å². The van der Waals surface area contributed by atoms with Crippen LogP contribution in [0.2, 0.25) is 0 Å². The van der Waals surface area contributed by atoms with Gasteiger partial charge in [0, 0.05) is 11.0 Å². The number of nitrogens with one attached hydrogen (secondary N) is 1. The summed E-state index contributed by atoms with van der Waals surface area (Å²) in [5.41, 5.74) is 0.419. The molecule has 0 unspecified atom stereocenters. The number of hydrogen-bond donors (Lipinski definition) is 1. The van der Waals surface area contributed by atoms with Gasteiger partial charge in [-0.1, -0.05) is 29.4 Å². The van der Waals surface area contributed by atoms with E-state index in [1.807, 2.05) is 6.92 Å². The lowest BCUT2D eigenvalue weighted by Crippen LogP contribution is -2.07. The normalized spacial score (nSPS) is 9.93. The van der Waals surface area contributed by atoms with Crippen LogP contribution in [0.3, 0.4) is 0 Å². The van der Waals surface area contributed by atoms with Crippen LogP contribution >= 0.6 is 15.9 Å². The van der Waals surface area contributed by atoms with Crippen LogP contribution in [0, 0.1) is 5.82 Å². The van der Waals surface area contributed by atoms with Gasteiger partial charge in [0.05, 0.1) is 5.69 Å². The molecule has 1 heterocycles. The topological polar surface area (TPSA) is 37.8 Å². The minimum absolute atomic E-state index is 0.220. The van der Waals surface area contributed by atoms with E-state index in [1.54, 1.807) is 0 Å². The number of rotatable bonds is 4. The first kappa shape index (κ1) is 11.1. The fourth-order valence-corrected chi connectivity index (χ4v) is 1.10. The maximum absolute atomic E-state index is 13.5. The Hall–Kier alpha value is -0.970. The third kappa shape index (κ3) is 2.77. The Bertz CT molecular complexity index is 341. The van der Waals surface area contributed by atoms with Crippen molar-refractivity contribution in [1.82, 2.24) is 9.97 Å². The number of nitrogens with zero attached hydrogens (tertiary/aromatic N) is 2. The molecule has 0 aliphatic rings. The first-order chi connectivity index (χ1) is 6.65. The highest BCUT2D eigenvalue weighted by Gasteiger charge is 2.08. The highest BCUT2D eigenvalue weighted by Crippen LogP contribution is 2.14. The molecule has 0 saturated carbocycles.